The normalized spacial score (nSPS) is 11.2. The molecule has 2 heterocycles. The first kappa shape index (κ1) is 18.8. The van der Waals surface area contributed by atoms with Crippen molar-refractivity contribution in [2.24, 2.45) is 7.05 Å². The summed E-state index contributed by atoms with van der Waals surface area (Å²) >= 11 is 0. The zero-order valence-electron chi connectivity index (χ0n) is 16.2. The molecule has 3 nitrogen and oxygen atoms in total. The van der Waals surface area contributed by atoms with Crippen LogP contribution in [0, 0.1) is 6.07 Å². The van der Waals surface area contributed by atoms with Gasteiger partial charge in [0.15, 0.2) is 0 Å². The molecule has 0 aliphatic carbocycles. The van der Waals surface area contributed by atoms with Crippen LogP contribution in [0.1, 0.15) is 0 Å². The predicted octanol–water partition coefficient (Wildman–Crippen LogP) is 6.60. The van der Waals surface area contributed by atoms with Crippen molar-refractivity contribution >= 4 is 33.0 Å². The molecule has 0 saturated carbocycles. The summed E-state index contributed by atoms with van der Waals surface area (Å²) in [7, 11) is 2.04. The van der Waals surface area contributed by atoms with Gasteiger partial charge < -0.3 is 8.98 Å². The average Bonchev–Trinajstić information content (AvgIpc) is 3.32. The average molecular weight is 566 g/mol. The number of rotatable bonds is 2. The van der Waals surface area contributed by atoms with Gasteiger partial charge in [0.05, 0.1) is 22.4 Å². The molecule has 4 aromatic carbocycles. The fourth-order valence-electron chi connectivity index (χ4n) is 4.09. The minimum absolute atomic E-state index is 0. The number of fused-ring (bicyclic) bond motifs is 4. The van der Waals surface area contributed by atoms with E-state index in [4.69, 9.17) is 9.40 Å². The molecule has 0 spiro atoms. The molecule has 147 valence electrons. The minimum Gasteiger partial charge on any atom is -0.501 e. The standard InChI is InChI=1S/C26H17N2O.Ir/c1-28-23-13-6-5-12-22(23)27-26(28)21-11-7-10-20-19-15-14-18(16-24(19)29-25(20)21)17-8-3-2-4-9-17;/h2-10,12-16H,1H3;/q-1;. The Morgan fingerprint density at radius 1 is 0.833 bits per heavy atom. The van der Waals surface area contributed by atoms with Gasteiger partial charge in [0.25, 0.3) is 0 Å². The quantitative estimate of drug-likeness (QED) is 0.222. The maximum absolute atomic E-state index is 6.37. The summed E-state index contributed by atoms with van der Waals surface area (Å²) < 4.78 is 8.47. The van der Waals surface area contributed by atoms with Crippen molar-refractivity contribution in [1.82, 2.24) is 9.55 Å². The van der Waals surface area contributed by atoms with Crippen molar-refractivity contribution in [3.8, 4) is 22.5 Å². The van der Waals surface area contributed by atoms with E-state index in [1.165, 1.54) is 5.56 Å². The molecule has 0 aliphatic heterocycles. The van der Waals surface area contributed by atoms with Crippen LogP contribution >= 0.6 is 0 Å². The molecule has 0 bridgehead atoms. The Morgan fingerprint density at radius 3 is 2.47 bits per heavy atom. The second kappa shape index (κ2) is 7.24. The Labute approximate surface area is 187 Å². The van der Waals surface area contributed by atoms with Gasteiger partial charge in [0.2, 0.25) is 0 Å². The van der Waals surface area contributed by atoms with E-state index in [9.17, 15) is 0 Å². The molecule has 6 aromatic rings. The number of furan rings is 1. The summed E-state index contributed by atoms with van der Waals surface area (Å²) in [5.41, 5.74) is 6.97. The third kappa shape index (κ3) is 2.80. The molecule has 0 aliphatic rings. The van der Waals surface area contributed by atoms with Crippen LogP contribution in [0.15, 0.2) is 89.3 Å². The van der Waals surface area contributed by atoms with Gasteiger partial charge in [-0.25, -0.2) is 0 Å². The first-order chi connectivity index (χ1) is 14.3. The van der Waals surface area contributed by atoms with Crippen molar-refractivity contribution in [1.29, 1.82) is 0 Å². The molecule has 0 amide bonds. The van der Waals surface area contributed by atoms with Gasteiger partial charge in [-0.2, -0.15) is 0 Å². The van der Waals surface area contributed by atoms with E-state index in [2.05, 4.69) is 65.2 Å². The van der Waals surface area contributed by atoms with Gasteiger partial charge in [-0.15, -0.1) is 18.2 Å². The summed E-state index contributed by atoms with van der Waals surface area (Å²) in [5, 5.41) is 2.19. The molecule has 4 heteroatoms. The van der Waals surface area contributed by atoms with Gasteiger partial charge in [-0.05, 0) is 29.3 Å². The zero-order valence-corrected chi connectivity index (χ0v) is 18.6. The monoisotopic (exact) mass is 566 g/mol. The molecule has 2 aromatic heterocycles. The molecule has 0 N–H and O–H groups in total. The second-order valence-corrected chi connectivity index (χ2v) is 7.26. The van der Waals surface area contributed by atoms with Crippen molar-refractivity contribution in [3.05, 3.63) is 91.0 Å². The van der Waals surface area contributed by atoms with Crippen LogP contribution in [0.3, 0.4) is 0 Å². The maximum atomic E-state index is 6.37. The van der Waals surface area contributed by atoms with Gasteiger partial charge in [0, 0.05) is 32.5 Å². The Morgan fingerprint density at radius 2 is 1.63 bits per heavy atom. The first-order valence-corrected chi connectivity index (χ1v) is 9.64. The number of aryl methyl sites for hydroxylation is 1. The number of hydrogen-bond acceptors (Lipinski definition) is 2. The van der Waals surface area contributed by atoms with Gasteiger partial charge in [-0.3, -0.25) is 4.98 Å². The van der Waals surface area contributed by atoms with E-state index >= 15 is 0 Å². The topological polar surface area (TPSA) is 31.0 Å². The molecule has 6 rings (SSSR count). The van der Waals surface area contributed by atoms with E-state index < -0.39 is 0 Å². The van der Waals surface area contributed by atoms with Crippen LogP contribution in [0.5, 0.6) is 0 Å². The van der Waals surface area contributed by atoms with E-state index in [1.54, 1.807) is 0 Å². The number of hydrogen-bond donors (Lipinski definition) is 0. The van der Waals surface area contributed by atoms with Crippen LogP contribution in [0.4, 0.5) is 0 Å². The molecular weight excluding hydrogens is 549 g/mol. The fourth-order valence-corrected chi connectivity index (χ4v) is 4.09. The van der Waals surface area contributed by atoms with Crippen LogP contribution in [-0.4, -0.2) is 9.55 Å². The van der Waals surface area contributed by atoms with Crippen LogP contribution < -0.4 is 0 Å². The van der Waals surface area contributed by atoms with Crippen LogP contribution in [-0.2, 0) is 27.2 Å². The second-order valence-electron chi connectivity index (χ2n) is 7.26. The van der Waals surface area contributed by atoms with Crippen LogP contribution in [0.25, 0.3) is 55.5 Å². The van der Waals surface area contributed by atoms with E-state index in [0.29, 0.717) is 0 Å². The van der Waals surface area contributed by atoms with Gasteiger partial charge >= 0.3 is 0 Å². The van der Waals surface area contributed by atoms with Crippen molar-refractivity contribution in [2.75, 3.05) is 0 Å². The number of nitrogens with zero attached hydrogens (tertiary/aromatic N) is 2. The number of benzene rings is 4. The smallest absolute Gasteiger partial charge is 0.121 e. The Balaban J connectivity index is 0.00000193. The molecule has 0 unspecified atom stereocenters. The third-order valence-electron chi connectivity index (χ3n) is 5.55. The molecule has 30 heavy (non-hydrogen) atoms. The number of para-hydroxylation sites is 2. The predicted molar refractivity (Wildman–Crippen MR) is 118 cm³/mol. The van der Waals surface area contributed by atoms with E-state index in [0.717, 1.165) is 49.9 Å². The fraction of sp³-hybridized carbons (Fsp3) is 0.0385. The van der Waals surface area contributed by atoms with E-state index in [1.807, 2.05) is 37.4 Å². The van der Waals surface area contributed by atoms with Crippen LogP contribution in [0.2, 0.25) is 0 Å². The Kier molecular flexibility index (Phi) is 4.54. The largest absolute Gasteiger partial charge is 0.501 e. The summed E-state index contributed by atoms with van der Waals surface area (Å²) in [4.78, 5) is 4.84. The Bertz CT molecular complexity index is 1510. The Hall–Kier alpha value is -3.20. The summed E-state index contributed by atoms with van der Waals surface area (Å²) in [6.07, 6.45) is 0. The van der Waals surface area contributed by atoms with Gasteiger partial charge in [-0.1, -0.05) is 65.5 Å². The number of aromatic nitrogens is 2. The summed E-state index contributed by atoms with van der Waals surface area (Å²) in [6, 6.07) is 32.3. The first-order valence-electron chi connectivity index (χ1n) is 9.64. The molecular formula is C26H17IrN2O-. The maximum Gasteiger partial charge on any atom is 0.121 e. The summed E-state index contributed by atoms with van der Waals surface area (Å²) in [5.74, 6) is 0.860. The molecule has 1 radical (unpaired) electrons. The molecule has 0 atom stereocenters. The molecule has 0 fully saturated rings. The zero-order chi connectivity index (χ0) is 19.4. The SMILES string of the molecule is Cn1c(-c2[c-]ccc3c2oc2cc(-c4ccccc4)ccc23)nc2ccccc21.[Ir]. The third-order valence-corrected chi connectivity index (χ3v) is 5.55. The van der Waals surface area contributed by atoms with Crippen molar-refractivity contribution in [3.63, 3.8) is 0 Å². The van der Waals surface area contributed by atoms with Gasteiger partial charge in [0.1, 0.15) is 5.58 Å². The summed E-state index contributed by atoms with van der Waals surface area (Å²) in [6.45, 7) is 0. The van der Waals surface area contributed by atoms with Crippen molar-refractivity contribution in [2.45, 2.75) is 0 Å². The molecule has 0 saturated heterocycles. The minimum atomic E-state index is 0. The number of imidazole rings is 1. The van der Waals surface area contributed by atoms with E-state index in [-0.39, 0.29) is 20.1 Å². The van der Waals surface area contributed by atoms with Crippen molar-refractivity contribution < 1.29 is 24.5 Å².